The molecule has 0 bridgehead atoms. The number of aromatic nitrogens is 2. The molecule has 0 radical (unpaired) electrons. The molecule has 1 amide bonds. The first-order valence-electron chi connectivity index (χ1n) is 13.6. The number of rotatable bonds is 8. The zero-order chi connectivity index (χ0) is 25.6. The summed E-state index contributed by atoms with van der Waals surface area (Å²) in [5, 5.41) is 16.5. The third kappa shape index (κ3) is 5.29. The van der Waals surface area contributed by atoms with Gasteiger partial charge in [-0.3, -0.25) is 4.79 Å². The summed E-state index contributed by atoms with van der Waals surface area (Å²) in [6.07, 6.45) is 7.96. The Bertz CT molecular complexity index is 1150. The molecular weight excluding hydrogens is 488 g/mol. The van der Waals surface area contributed by atoms with Gasteiger partial charge in [-0.2, -0.15) is 4.98 Å². The van der Waals surface area contributed by atoms with Gasteiger partial charge < -0.3 is 25.5 Å². The lowest BCUT2D eigenvalue weighted by atomic mass is 9.57. The van der Waals surface area contributed by atoms with Crippen molar-refractivity contribution in [3.63, 3.8) is 0 Å². The van der Waals surface area contributed by atoms with E-state index >= 15 is 0 Å². The Kier molecular flexibility index (Phi) is 6.75. The van der Waals surface area contributed by atoms with E-state index in [1.807, 2.05) is 18.2 Å². The summed E-state index contributed by atoms with van der Waals surface area (Å²) in [4.78, 5) is 27.3. The van der Waals surface area contributed by atoms with E-state index in [2.05, 4.69) is 32.5 Å². The number of carbonyl (C=O) groups is 1. The molecule has 1 aromatic carbocycles. The first-order chi connectivity index (χ1) is 17.9. The second-order valence-electron chi connectivity index (χ2n) is 11.8. The van der Waals surface area contributed by atoms with Crippen LogP contribution in [0.5, 0.6) is 0 Å². The number of hydrogen-bond acceptors (Lipinski definition) is 7. The number of carbonyl (C=O) groups excluding carboxylic acids is 1. The van der Waals surface area contributed by atoms with Gasteiger partial charge in [0.15, 0.2) is 0 Å². The van der Waals surface area contributed by atoms with Crippen molar-refractivity contribution in [3.8, 4) is 0 Å². The van der Waals surface area contributed by atoms with Crippen LogP contribution in [0.1, 0.15) is 53.6 Å². The van der Waals surface area contributed by atoms with Crippen molar-refractivity contribution in [1.29, 1.82) is 0 Å². The van der Waals surface area contributed by atoms with Gasteiger partial charge in [0, 0.05) is 37.4 Å². The third-order valence-corrected chi connectivity index (χ3v) is 9.42. The molecule has 9 heteroatoms. The highest BCUT2D eigenvalue weighted by atomic mass is 35.5. The van der Waals surface area contributed by atoms with Gasteiger partial charge in [-0.1, -0.05) is 23.7 Å². The van der Waals surface area contributed by atoms with E-state index in [4.69, 9.17) is 16.6 Å². The summed E-state index contributed by atoms with van der Waals surface area (Å²) in [6.45, 7) is 5.43. The molecule has 6 rings (SSSR count). The average Bonchev–Trinajstić information content (AvgIpc) is 3.50. The van der Waals surface area contributed by atoms with Crippen molar-refractivity contribution in [2.24, 2.45) is 23.2 Å². The van der Waals surface area contributed by atoms with E-state index in [1.165, 1.54) is 45.2 Å². The number of nitrogens with zero attached hydrogens (tertiary/aromatic N) is 4. The monoisotopic (exact) mass is 524 g/mol. The lowest BCUT2D eigenvalue weighted by molar-refractivity contribution is -0.00584. The second-order valence-corrected chi connectivity index (χ2v) is 12.2. The summed E-state index contributed by atoms with van der Waals surface area (Å²) < 4.78 is 0. The molecule has 2 aromatic rings. The molecule has 198 valence electrons. The number of benzene rings is 1. The molecule has 4 fully saturated rings. The molecule has 2 aliphatic heterocycles. The van der Waals surface area contributed by atoms with Gasteiger partial charge in [0.1, 0.15) is 11.4 Å². The van der Waals surface area contributed by atoms with E-state index < -0.39 is 0 Å². The van der Waals surface area contributed by atoms with Crippen LogP contribution < -0.4 is 15.5 Å². The lowest BCUT2D eigenvalue weighted by Gasteiger charge is -2.52. The first kappa shape index (κ1) is 24.9. The van der Waals surface area contributed by atoms with Crippen molar-refractivity contribution in [2.45, 2.75) is 45.3 Å². The number of halogens is 1. The van der Waals surface area contributed by atoms with Crippen LogP contribution in [0.3, 0.4) is 0 Å². The second kappa shape index (κ2) is 10.0. The number of fused-ring (bicyclic) bond motifs is 1. The van der Waals surface area contributed by atoms with Crippen LogP contribution in [0, 0.1) is 23.2 Å². The van der Waals surface area contributed by atoms with Crippen LogP contribution in [0.2, 0.25) is 5.02 Å². The van der Waals surface area contributed by atoms with Gasteiger partial charge >= 0.3 is 0 Å². The minimum absolute atomic E-state index is 0.0941. The zero-order valence-corrected chi connectivity index (χ0v) is 22.3. The van der Waals surface area contributed by atoms with Gasteiger partial charge in [0.2, 0.25) is 5.95 Å². The molecule has 2 unspecified atom stereocenters. The van der Waals surface area contributed by atoms with Crippen molar-refractivity contribution in [2.75, 3.05) is 50.0 Å². The Hall–Kier alpha value is -2.42. The molecule has 8 nitrogen and oxygen atoms in total. The Morgan fingerprint density at radius 1 is 1.22 bits per heavy atom. The van der Waals surface area contributed by atoms with E-state index in [9.17, 15) is 9.90 Å². The van der Waals surface area contributed by atoms with Crippen LogP contribution in [0.25, 0.3) is 0 Å². The molecule has 3 N–H and O–H groups in total. The SMILES string of the molecule is CN1CCC2(CC1)CC(CNC(=O)c1cnc(N3CC4CC4C3)nc1NCc1ccc(CO)c(Cl)c1)C2. The summed E-state index contributed by atoms with van der Waals surface area (Å²) in [7, 11) is 2.20. The average molecular weight is 525 g/mol. The predicted molar refractivity (Wildman–Crippen MR) is 145 cm³/mol. The largest absolute Gasteiger partial charge is 0.392 e. The highest BCUT2D eigenvalue weighted by molar-refractivity contribution is 6.31. The standard InChI is InChI=1S/C28H37ClN6O2/c1-34-6-4-28(5-7-34)10-19(11-28)13-31-26(37)23-14-32-27(35-15-21-9-22(21)16-35)33-25(23)30-12-18-2-3-20(17-36)24(29)8-18/h2-3,8,14,19,21-22,36H,4-7,9-13,15-17H2,1H3,(H,31,37)(H,30,32,33). The molecular formula is C28H37ClN6O2. The Labute approximate surface area is 223 Å². The molecule has 4 aliphatic rings. The first-order valence-corrected chi connectivity index (χ1v) is 14.0. The lowest BCUT2D eigenvalue weighted by Crippen LogP contribution is -2.48. The summed E-state index contributed by atoms with van der Waals surface area (Å²) in [5.41, 5.74) is 2.62. The highest BCUT2D eigenvalue weighted by Crippen LogP contribution is 2.52. The fraction of sp³-hybridized carbons (Fsp3) is 0.607. The number of nitrogens with one attached hydrogen (secondary N) is 2. The van der Waals surface area contributed by atoms with E-state index in [0.29, 0.717) is 52.3 Å². The van der Waals surface area contributed by atoms with Crippen LogP contribution in [-0.2, 0) is 13.2 Å². The van der Waals surface area contributed by atoms with Crippen LogP contribution in [-0.4, -0.2) is 65.7 Å². The van der Waals surface area contributed by atoms with Crippen LogP contribution in [0.4, 0.5) is 11.8 Å². The molecule has 2 saturated carbocycles. The van der Waals surface area contributed by atoms with Gasteiger partial charge in [0.25, 0.3) is 5.91 Å². The maximum Gasteiger partial charge on any atom is 0.256 e. The summed E-state index contributed by atoms with van der Waals surface area (Å²) in [6, 6.07) is 5.59. The molecule has 2 atom stereocenters. The van der Waals surface area contributed by atoms with Crippen molar-refractivity contribution in [1.82, 2.24) is 20.2 Å². The Morgan fingerprint density at radius 3 is 2.68 bits per heavy atom. The Balaban J connectivity index is 1.12. The number of piperidine rings is 2. The predicted octanol–water partition coefficient (Wildman–Crippen LogP) is 3.54. The third-order valence-electron chi connectivity index (χ3n) is 9.07. The van der Waals surface area contributed by atoms with Gasteiger partial charge in [-0.15, -0.1) is 0 Å². The summed E-state index contributed by atoms with van der Waals surface area (Å²) in [5.74, 6) is 3.19. The molecule has 1 aromatic heterocycles. The molecule has 37 heavy (non-hydrogen) atoms. The zero-order valence-electron chi connectivity index (χ0n) is 21.5. The van der Waals surface area contributed by atoms with E-state index in [1.54, 1.807) is 6.20 Å². The fourth-order valence-corrected chi connectivity index (χ4v) is 6.81. The van der Waals surface area contributed by atoms with Gasteiger partial charge in [0.05, 0.1) is 6.61 Å². The van der Waals surface area contributed by atoms with Crippen molar-refractivity contribution >= 4 is 29.3 Å². The molecule has 1 spiro atoms. The van der Waals surface area contributed by atoms with Crippen molar-refractivity contribution < 1.29 is 9.90 Å². The van der Waals surface area contributed by atoms with Gasteiger partial charge in [-0.25, -0.2) is 4.98 Å². The number of anilines is 2. The number of amides is 1. The minimum Gasteiger partial charge on any atom is -0.392 e. The fourth-order valence-electron chi connectivity index (χ4n) is 6.54. The van der Waals surface area contributed by atoms with Crippen molar-refractivity contribution in [3.05, 3.63) is 46.1 Å². The van der Waals surface area contributed by atoms with Crippen LogP contribution >= 0.6 is 11.6 Å². The quantitative estimate of drug-likeness (QED) is 0.486. The van der Waals surface area contributed by atoms with Gasteiger partial charge in [-0.05, 0) is 92.6 Å². The molecule has 3 heterocycles. The normalized spacial score (nSPS) is 24.6. The maximum atomic E-state index is 13.3. The summed E-state index contributed by atoms with van der Waals surface area (Å²) >= 11 is 6.29. The topological polar surface area (TPSA) is 93.6 Å². The maximum absolute atomic E-state index is 13.3. The number of likely N-dealkylation sites (tertiary alicyclic amines) is 1. The Morgan fingerprint density at radius 2 is 1.97 bits per heavy atom. The minimum atomic E-state index is -0.128. The van der Waals surface area contributed by atoms with E-state index in [-0.39, 0.29) is 12.5 Å². The van der Waals surface area contributed by atoms with Crippen LogP contribution in [0.15, 0.2) is 24.4 Å². The highest BCUT2D eigenvalue weighted by Gasteiger charge is 2.46. The number of aliphatic hydroxyl groups is 1. The molecule has 2 aliphatic carbocycles. The smallest absolute Gasteiger partial charge is 0.256 e. The molecule has 2 saturated heterocycles. The number of aliphatic hydroxyl groups excluding tert-OH is 1. The van der Waals surface area contributed by atoms with E-state index in [0.717, 1.165) is 30.5 Å². The number of hydrogen-bond donors (Lipinski definition) is 3.